The minimum atomic E-state index is 0.656. The predicted octanol–water partition coefficient (Wildman–Crippen LogP) is 13.9. The number of hydrogen-bond donors (Lipinski definition) is 0. The van der Waals surface area contributed by atoms with Crippen molar-refractivity contribution >= 4 is 76.2 Å². The highest BCUT2D eigenvalue weighted by atomic mass is 16.3. The molecule has 0 aliphatic carbocycles. The van der Waals surface area contributed by atoms with Gasteiger partial charge in [-0.1, -0.05) is 152 Å². The second-order valence-corrected chi connectivity index (χ2v) is 14.6. The fourth-order valence-corrected chi connectivity index (χ4v) is 8.72. The van der Waals surface area contributed by atoms with Gasteiger partial charge in [0, 0.05) is 38.1 Å². The lowest BCUT2D eigenvalue weighted by Gasteiger charge is -2.12. The second kappa shape index (κ2) is 12.0. The first-order valence-electron chi connectivity index (χ1n) is 19.0. The molecule has 3 heterocycles. The summed E-state index contributed by atoms with van der Waals surface area (Å²) in [7, 11) is 0. The monoisotopic (exact) mass is 713 g/mol. The van der Waals surface area contributed by atoms with Crippen molar-refractivity contribution in [1.82, 2.24) is 14.5 Å². The van der Waals surface area contributed by atoms with Crippen LogP contribution >= 0.6 is 0 Å². The van der Waals surface area contributed by atoms with Gasteiger partial charge in [0.25, 0.3) is 0 Å². The number of fused-ring (bicyclic) bond motifs is 10. The lowest BCUT2D eigenvalue weighted by atomic mass is 9.96. The van der Waals surface area contributed by atoms with E-state index >= 15 is 0 Å². The van der Waals surface area contributed by atoms with Crippen LogP contribution in [0.4, 0.5) is 0 Å². The van der Waals surface area contributed by atoms with Crippen LogP contribution in [0.2, 0.25) is 0 Å². The van der Waals surface area contributed by atoms with Crippen LogP contribution in [0, 0.1) is 0 Å². The van der Waals surface area contributed by atoms with Gasteiger partial charge in [-0.3, -0.25) is 4.57 Å². The molecule has 9 aromatic carbocycles. The summed E-state index contributed by atoms with van der Waals surface area (Å²) in [5.41, 5.74) is 11.4. The third-order valence-electron chi connectivity index (χ3n) is 11.4. The van der Waals surface area contributed by atoms with Gasteiger partial charge in [0.2, 0.25) is 5.95 Å². The molecule has 0 atom stereocenters. The van der Waals surface area contributed by atoms with Gasteiger partial charge in [-0.25, -0.2) is 9.97 Å². The minimum absolute atomic E-state index is 0.656. The molecule has 0 radical (unpaired) electrons. The first-order chi connectivity index (χ1) is 27.7. The number of hydrogen-bond acceptors (Lipinski definition) is 3. The van der Waals surface area contributed by atoms with Crippen LogP contribution in [0.1, 0.15) is 0 Å². The fraction of sp³-hybridized carbons (Fsp3) is 0. The van der Waals surface area contributed by atoms with Gasteiger partial charge < -0.3 is 4.42 Å². The van der Waals surface area contributed by atoms with Crippen molar-refractivity contribution in [3.05, 3.63) is 188 Å². The number of para-hydroxylation sites is 4. The maximum Gasteiger partial charge on any atom is 0.235 e. The standard InChI is InChI=1S/C52H31N3O/c1-2-11-36-30-38(27-22-32(36)10-1)50-42-13-3-6-17-45(42)53-52(54-50)55-46-18-7-4-14-43(46)49-44-31-37(26-25-35(44)28-29-47(49)55)33-20-23-34(24-21-33)39-15-9-16-41-40-12-5-8-19-48(40)56-51(39)41/h1-31H. The molecule has 0 bridgehead atoms. The molecule has 0 amide bonds. The molecule has 12 rings (SSSR count). The Balaban J connectivity index is 1.02. The maximum absolute atomic E-state index is 6.37. The van der Waals surface area contributed by atoms with E-state index in [1.807, 2.05) is 12.1 Å². The van der Waals surface area contributed by atoms with Crippen LogP contribution in [0.25, 0.3) is 116 Å². The highest BCUT2D eigenvalue weighted by Crippen LogP contribution is 2.40. The number of nitrogens with zero attached hydrogens (tertiary/aromatic N) is 3. The van der Waals surface area contributed by atoms with Crippen molar-refractivity contribution in [2.75, 3.05) is 0 Å². The van der Waals surface area contributed by atoms with Gasteiger partial charge in [0.1, 0.15) is 11.2 Å². The molecule has 260 valence electrons. The Kier molecular flexibility index (Phi) is 6.60. The summed E-state index contributed by atoms with van der Waals surface area (Å²) < 4.78 is 8.60. The summed E-state index contributed by atoms with van der Waals surface area (Å²) in [6.45, 7) is 0. The summed E-state index contributed by atoms with van der Waals surface area (Å²) in [6, 6.07) is 66.8. The Morgan fingerprint density at radius 3 is 1.98 bits per heavy atom. The van der Waals surface area contributed by atoms with E-state index in [4.69, 9.17) is 14.4 Å². The van der Waals surface area contributed by atoms with Gasteiger partial charge in [0.15, 0.2) is 0 Å². The molecule has 0 saturated carbocycles. The molecular formula is C52H31N3O. The lowest BCUT2D eigenvalue weighted by molar-refractivity contribution is 0.670. The van der Waals surface area contributed by atoms with Gasteiger partial charge in [-0.05, 0) is 74.6 Å². The molecule has 0 fully saturated rings. The van der Waals surface area contributed by atoms with Crippen molar-refractivity contribution in [2.45, 2.75) is 0 Å². The molecule has 0 N–H and O–H groups in total. The van der Waals surface area contributed by atoms with Crippen LogP contribution in [-0.4, -0.2) is 14.5 Å². The van der Waals surface area contributed by atoms with Gasteiger partial charge in [-0.2, -0.15) is 0 Å². The van der Waals surface area contributed by atoms with E-state index in [2.05, 4.69) is 180 Å². The molecule has 0 saturated heterocycles. The van der Waals surface area contributed by atoms with Crippen molar-refractivity contribution in [3.8, 4) is 39.5 Å². The number of aromatic nitrogens is 3. The Labute approximate surface area is 321 Å². The van der Waals surface area contributed by atoms with Crippen LogP contribution in [0.15, 0.2) is 192 Å². The Morgan fingerprint density at radius 2 is 1.07 bits per heavy atom. The number of rotatable bonds is 4. The summed E-state index contributed by atoms with van der Waals surface area (Å²) in [5, 5.41) is 10.5. The first kappa shape index (κ1) is 30.9. The minimum Gasteiger partial charge on any atom is -0.455 e. The highest BCUT2D eigenvalue weighted by molar-refractivity contribution is 6.22. The summed E-state index contributed by atoms with van der Waals surface area (Å²) in [4.78, 5) is 10.6. The number of furan rings is 1. The SMILES string of the molecule is c1ccc2cc(-c3nc(-n4c5ccccc5c5c6cc(-c7ccc(-c8cccc9c8oc8ccccc89)cc7)ccc6ccc54)nc4ccccc34)ccc2c1. The Hall–Kier alpha value is -7.56. The van der Waals surface area contributed by atoms with E-state index in [9.17, 15) is 0 Å². The zero-order chi connectivity index (χ0) is 36.7. The molecule has 56 heavy (non-hydrogen) atoms. The van der Waals surface area contributed by atoms with Crippen molar-refractivity contribution in [1.29, 1.82) is 0 Å². The molecule has 0 aliphatic heterocycles. The van der Waals surface area contributed by atoms with Crippen molar-refractivity contribution in [3.63, 3.8) is 0 Å². The normalized spacial score (nSPS) is 11.9. The zero-order valence-corrected chi connectivity index (χ0v) is 30.1. The largest absolute Gasteiger partial charge is 0.455 e. The van der Waals surface area contributed by atoms with Crippen LogP contribution in [0.5, 0.6) is 0 Å². The summed E-state index contributed by atoms with van der Waals surface area (Å²) in [6.07, 6.45) is 0. The van der Waals surface area contributed by atoms with Gasteiger partial charge in [0.05, 0.1) is 22.2 Å². The third kappa shape index (κ3) is 4.66. The average Bonchev–Trinajstić information content (AvgIpc) is 3.82. The second-order valence-electron chi connectivity index (χ2n) is 14.6. The Morgan fingerprint density at radius 1 is 0.393 bits per heavy atom. The van der Waals surface area contributed by atoms with Crippen molar-refractivity contribution < 1.29 is 4.42 Å². The van der Waals surface area contributed by atoms with E-state index in [1.54, 1.807) is 0 Å². The lowest BCUT2D eigenvalue weighted by Crippen LogP contribution is -2.03. The molecule has 0 unspecified atom stereocenters. The molecular weight excluding hydrogens is 683 g/mol. The van der Waals surface area contributed by atoms with Crippen LogP contribution < -0.4 is 0 Å². The molecule has 0 spiro atoms. The molecule has 12 aromatic rings. The first-order valence-corrected chi connectivity index (χ1v) is 19.0. The molecule has 0 aliphatic rings. The van der Waals surface area contributed by atoms with E-state index in [-0.39, 0.29) is 0 Å². The quantitative estimate of drug-likeness (QED) is 0.182. The van der Waals surface area contributed by atoms with Gasteiger partial charge in [-0.15, -0.1) is 0 Å². The zero-order valence-electron chi connectivity index (χ0n) is 30.1. The van der Waals surface area contributed by atoms with E-state index in [1.165, 1.54) is 32.3 Å². The molecule has 3 aromatic heterocycles. The van der Waals surface area contributed by atoms with E-state index in [0.29, 0.717) is 5.95 Å². The van der Waals surface area contributed by atoms with Crippen molar-refractivity contribution in [2.24, 2.45) is 0 Å². The summed E-state index contributed by atoms with van der Waals surface area (Å²) >= 11 is 0. The maximum atomic E-state index is 6.37. The van der Waals surface area contributed by atoms with Gasteiger partial charge >= 0.3 is 0 Å². The third-order valence-corrected chi connectivity index (χ3v) is 11.4. The van der Waals surface area contributed by atoms with E-state index in [0.717, 1.165) is 77.4 Å². The van der Waals surface area contributed by atoms with Crippen LogP contribution in [0.3, 0.4) is 0 Å². The van der Waals surface area contributed by atoms with Crippen LogP contribution in [-0.2, 0) is 0 Å². The molecule has 4 heteroatoms. The molecule has 4 nitrogen and oxygen atoms in total. The van der Waals surface area contributed by atoms with E-state index < -0.39 is 0 Å². The fourth-order valence-electron chi connectivity index (χ4n) is 8.72. The predicted molar refractivity (Wildman–Crippen MR) is 232 cm³/mol. The average molecular weight is 714 g/mol. The number of benzene rings is 9. The summed E-state index contributed by atoms with van der Waals surface area (Å²) in [5.74, 6) is 0.656. The topological polar surface area (TPSA) is 43.9 Å². The Bertz CT molecular complexity index is 3540. The smallest absolute Gasteiger partial charge is 0.235 e. The highest BCUT2D eigenvalue weighted by Gasteiger charge is 2.19.